The molecule has 0 bridgehead atoms. The number of hydrogen-bond donors (Lipinski definition) is 1. The number of fused-ring (bicyclic) bond motifs is 1. The lowest BCUT2D eigenvalue weighted by Gasteiger charge is -2.18. The van der Waals surface area contributed by atoms with E-state index in [4.69, 9.17) is 5.73 Å². The van der Waals surface area contributed by atoms with Crippen LogP contribution >= 0.6 is 0 Å². The van der Waals surface area contributed by atoms with E-state index in [1.54, 1.807) is 24.3 Å². The van der Waals surface area contributed by atoms with E-state index in [-0.39, 0.29) is 5.78 Å². The first-order valence-corrected chi connectivity index (χ1v) is 6.45. The minimum Gasteiger partial charge on any atom is -0.399 e. The standard InChI is InChI=1S/C16H16N2O/c17-14-7-5-13(6-8-14)16(19)11-18-10-9-12-3-1-2-4-15(12)18/h1-8H,9-11,17H2. The Hall–Kier alpha value is -2.29. The van der Waals surface area contributed by atoms with E-state index in [2.05, 4.69) is 17.0 Å². The van der Waals surface area contributed by atoms with Crippen LogP contribution < -0.4 is 10.6 Å². The van der Waals surface area contributed by atoms with E-state index in [9.17, 15) is 4.79 Å². The maximum Gasteiger partial charge on any atom is 0.182 e. The summed E-state index contributed by atoms with van der Waals surface area (Å²) in [6.45, 7) is 1.35. The summed E-state index contributed by atoms with van der Waals surface area (Å²) in [6.07, 6.45) is 1.02. The molecule has 1 heterocycles. The van der Waals surface area contributed by atoms with Crippen molar-refractivity contribution in [3.8, 4) is 0 Å². The SMILES string of the molecule is Nc1ccc(C(=O)CN2CCc3ccccc32)cc1. The first-order chi connectivity index (χ1) is 9.24. The van der Waals surface area contributed by atoms with Crippen molar-refractivity contribution in [1.29, 1.82) is 0 Å². The third-order valence-corrected chi connectivity index (χ3v) is 3.55. The van der Waals surface area contributed by atoms with E-state index in [0.717, 1.165) is 18.5 Å². The van der Waals surface area contributed by atoms with Gasteiger partial charge in [0.25, 0.3) is 0 Å². The lowest BCUT2D eigenvalue weighted by Crippen LogP contribution is -2.27. The van der Waals surface area contributed by atoms with Crippen molar-refractivity contribution in [3.63, 3.8) is 0 Å². The molecule has 1 aliphatic heterocycles. The molecule has 0 saturated carbocycles. The van der Waals surface area contributed by atoms with Crippen molar-refractivity contribution in [3.05, 3.63) is 59.7 Å². The second-order valence-electron chi connectivity index (χ2n) is 4.85. The number of ketones is 1. The molecule has 19 heavy (non-hydrogen) atoms. The highest BCUT2D eigenvalue weighted by Crippen LogP contribution is 2.27. The van der Waals surface area contributed by atoms with Gasteiger partial charge in [-0.1, -0.05) is 18.2 Å². The van der Waals surface area contributed by atoms with Gasteiger partial charge in [0, 0.05) is 23.5 Å². The number of para-hydroxylation sites is 1. The number of carbonyl (C=O) groups excluding carboxylic acids is 1. The summed E-state index contributed by atoms with van der Waals surface area (Å²) in [7, 11) is 0. The summed E-state index contributed by atoms with van der Waals surface area (Å²) in [5.74, 6) is 0.136. The first kappa shape index (κ1) is 11.8. The highest BCUT2D eigenvalue weighted by molar-refractivity contribution is 5.99. The van der Waals surface area contributed by atoms with Gasteiger partial charge in [-0.15, -0.1) is 0 Å². The lowest BCUT2D eigenvalue weighted by molar-refractivity contribution is 0.0999. The van der Waals surface area contributed by atoms with Gasteiger partial charge in [-0.3, -0.25) is 4.79 Å². The highest BCUT2D eigenvalue weighted by atomic mass is 16.1. The highest BCUT2D eigenvalue weighted by Gasteiger charge is 2.20. The summed E-state index contributed by atoms with van der Waals surface area (Å²) in [6, 6.07) is 15.4. The van der Waals surface area contributed by atoms with Crippen molar-refractivity contribution in [1.82, 2.24) is 0 Å². The van der Waals surface area contributed by atoms with Crippen molar-refractivity contribution in [2.45, 2.75) is 6.42 Å². The monoisotopic (exact) mass is 252 g/mol. The van der Waals surface area contributed by atoms with Crippen molar-refractivity contribution >= 4 is 17.2 Å². The van der Waals surface area contributed by atoms with Gasteiger partial charge >= 0.3 is 0 Å². The Kier molecular flexibility index (Phi) is 2.95. The van der Waals surface area contributed by atoms with Crippen LogP contribution in [0.4, 0.5) is 11.4 Å². The molecule has 3 heteroatoms. The largest absolute Gasteiger partial charge is 0.399 e. The van der Waals surface area contributed by atoms with Gasteiger partial charge in [-0.05, 0) is 42.3 Å². The molecule has 96 valence electrons. The predicted octanol–water partition coefficient (Wildman–Crippen LogP) is 2.51. The molecule has 3 nitrogen and oxygen atoms in total. The Morgan fingerprint density at radius 1 is 1.11 bits per heavy atom. The normalized spacial score (nSPS) is 13.4. The Morgan fingerprint density at radius 3 is 2.63 bits per heavy atom. The topological polar surface area (TPSA) is 46.3 Å². The van der Waals surface area contributed by atoms with E-state index in [0.29, 0.717) is 12.2 Å². The molecule has 0 unspecified atom stereocenters. The van der Waals surface area contributed by atoms with Crippen molar-refractivity contribution < 1.29 is 4.79 Å². The first-order valence-electron chi connectivity index (χ1n) is 6.45. The number of nitrogens with two attached hydrogens (primary N) is 1. The van der Waals surface area contributed by atoms with Crippen LogP contribution in [0.1, 0.15) is 15.9 Å². The molecular weight excluding hydrogens is 236 g/mol. The zero-order chi connectivity index (χ0) is 13.2. The number of rotatable bonds is 3. The number of hydrogen-bond acceptors (Lipinski definition) is 3. The van der Waals surface area contributed by atoms with Gasteiger partial charge < -0.3 is 10.6 Å². The summed E-state index contributed by atoms with van der Waals surface area (Å²) >= 11 is 0. The molecule has 0 atom stereocenters. The molecule has 0 spiro atoms. The van der Waals surface area contributed by atoms with Crippen LogP contribution in [0, 0.1) is 0 Å². The Labute approximate surface area is 112 Å². The molecule has 3 rings (SSSR count). The average molecular weight is 252 g/mol. The smallest absolute Gasteiger partial charge is 0.182 e. The van der Waals surface area contributed by atoms with E-state index < -0.39 is 0 Å². The molecule has 2 N–H and O–H groups in total. The minimum absolute atomic E-state index is 0.136. The second kappa shape index (κ2) is 4.76. The molecule has 0 aliphatic carbocycles. The zero-order valence-electron chi connectivity index (χ0n) is 10.7. The molecule has 0 fully saturated rings. The fourth-order valence-corrected chi connectivity index (χ4v) is 2.50. The number of anilines is 2. The molecule has 1 aliphatic rings. The fraction of sp³-hybridized carbons (Fsp3) is 0.188. The Bertz CT molecular complexity index is 604. The summed E-state index contributed by atoms with van der Waals surface area (Å²) in [5.41, 5.74) is 9.55. The van der Waals surface area contributed by atoms with Crippen LogP contribution in [-0.4, -0.2) is 18.9 Å². The molecule has 2 aromatic carbocycles. The predicted molar refractivity (Wildman–Crippen MR) is 77.5 cm³/mol. The van der Waals surface area contributed by atoms with Gasteiger partial charge in [0.15, 0.2) is 5.78 Å². The zero-order valence-corrected chi connectivity index (χ0v) is 10.7. The molecule has 0 amide bonds. The van der Waals surface area contributed by atoms with E-state index in [1.807, 2.05) is 12.1 Å². The van der Waals surface area contributed by atoms with Crippen molar-refractivity contribution in [2.75, 3.05) is 23.7 Å². The molecular formula is C16H16N2O. The summed E-state index contributed by atoms with van der Waals surface area (Å²) in [4.78, 5) is 14.4. The minimum atomic E-state index is 0.136. The Balaban J connectivity index is 1.76. The second-order valence-corrected chi connectivity index (χ2v) is 4.85. The summed E-state index contributed by atoms with van der Waals surface area (Å²) < 4.78 is 0. The fourth-order valence-electron chi connectivity index (χ4n) is 2.50. The van der Waals surface area contributed by atoms with Crippen LogP contribution in [0.5, 0.6) is 0 Å². The maximum atomic E-state index is 12.2. The van der Waals surface area contributed by atoms with Crippen LogP contribution in [0.2, 0.25) is 0 Å². The Morgan fingerprint density at radius 2 is 1.84 bits per heavy atom. The summed E-state index contributed by atoms with van der Waals surface area (Å²) in [5, 5.41) is 0. The number of nitrogen functional groups attached to an aromatic ring is 1. The third kappa shape index (κ3) is 2.32. The average Bonchev–Trinajstić information content (AvgIpc) is 2.83. The number of benzene rings is 2. The number of nitrogens with zero attached hydrogens (tertiary/aromatic N) is 1. The van der Waals surface area contributed by atoms with Crippen LogP contribution in [0.3, 0.4) is 0 Å². The van der Waals surface area contributed by atoms with E-state index >= 15 is 0 Å². The molecule has 0 saturated heterocycles. The van der Waals surface area contributed by atoms with Crippen molar-refractivity contribution in [2.24, 2.45) is 0 Å². The van der Waals surface area contributed by atoms with Gasteiger partial charge in [0.05, 0.1) is 6.54 Å². The quantitative estimate of drug-likeness (QED) is 0.674. The molecule has 0 radical (unpaired) electrons. The van der Waals surface area contributed by atoms with Gasteiger partial charge in [0.2, 0.25) is 0 Å². The van der Waals surface area contributed by atoms with E-state index in [1.165, 1.54) is 11.3 Å². The van der Waals surface area contributed by atoms with Gasteiger partial charge in [0.1, 0.15) is 0 Å². The van der Waals surface area contributed by atoms with Crippen LogP contribution in [0.25, 0.3) is 0 Å². The molecule has 0 aromatic heterocycles. The third-order valence-electron chi connectivity index (χ3n) is 3.55. The van der Waals surface area contributed by atoms with Crippen LogP contribution in [0.15, 0.2) is 48.5 Å². The number of Topliss-reactive ketones (excluding diaryl/α,β-unsaturated/α-hetero) is 1. The van der Waals surface area contributed by atoms with Gasteiger partial charge in [-0.2, -0.15) is 0 Å². The molecule has 2 aromatic rings. The van der Waals surface area contributed by atoms with Gasteiger partial charge in [-0.25, -0.2) is 0 Å². The number of carbonyl (C=O) groups is 1. The lowest BCUT2D eigenvalue weighted by atomic mass is 10.1. The maximum absolute atomic E-state index is 12.2. The van der Waals surface area contributed by atoms with Crippen LogP contribution in [-0.2, 0) is 6.42 Å².